The zero-order chi connectivity index (χ0) is 19.3. The van der Waals surface area contributed by atoms with E-state index in [2.05, 4.69) is 0 Å². The van der Waals surface area contributed by atoms with Gasteiger partial charge >= 0.3 is 5.97 Å². The van der Waals surface area contributed by atoms with Crippen LogP contribution in [0.25, 0.3) is 0 Å². The Labute approximate surface area is 148 Å². The summed E-state index contributed by atoms with van der Waals surface area (Å²) < 4.78 is 39.9. The highest BCUT2D eigenvalue weighted by Gasteiger charge is 2.23. The van der Waals surface area contributed by atoms with Crippen LogP contribution >= 0.6 is 0 Å². The van der Waals surface area contributed by atoms with Crippen molar-refractivity contribution in [2.45, 2.75) is 25.8 Å². The summed E-state index contributed by atoms with van der Waals surface area (Å²) in [6.45, 7) is 1.39. The summed E-state index contributed by atoms with van der Waals surface area (Å²) in [4.78, 5) is 24.9. The molecule has 0 aliphatic rings. The van der Waals surface area contributed by atoms with E-state index in [1.807, 2.05) is 0 Å². The smallest absolute Gasteiger partial charge is 0.305 e. The molecule has 0 aliphatic heterocycles. The van der Waals surface area contributed by atoms with Crippen molar-refractivity contribution >= 4 is 11.9 Å². The van der Waals surface area contributed by atoms with Gasteiger partial charge in [-0.2, -0.15) is 0 Å². The van der Waals surface area contributed by atoms with Crippen LogP contribution in [0.5, 0.6) is 0 Å². The number of benzene rings is 2. The Bertz CT molecular complexity index is 810. The van der Waals surface area contributed by atoms with Gasteiger partial charge in [-0.25, -0.2) is 13.2 Å². The molecule has 0 radical (unpaired) electrons. The van der Waals surface area contributed by atoms with Gasteiger partial charge < -0.3 is 10.0 Å². The van der Waals surface area contributed by atoms with E-state index in [0.29, 0.717) is 11.1 Å². The van der Waals surface area contributed by atoms with E-state index >= 15 is 0 Å². The molecule has 1 atom stereocenters. The highest BCUT2D eigenvalue weighted by Crippen LogP contribution is 2.21. The number of rotatable bonds is 7. The molecule has 0 aromatic heterocycles. The van der Waals surface area contributed by atoms with Crippen LogP contribution < -0.4 is 0 Å². The molecule has 2 aromatic rings. The molecule has 0 fully saturated rings. The highest BCUT2D eigenvalue weighted by molar-refractivity contribution is 5.83. The molecular weight excluding hydrogens is 347 g/mol. The predicted octanol–water partition coefficient (Wildman–Crippen LogP) is 3.71. The first kappa shape index (κ1) is 19.5. The van der Waals surface area contributed by atoms with Gasteiger partial charge in [-0.05, 0) is 42.3 Å². The van der Waals surface area contributed by atoms with E-state index in [4.69, 9.17) is 5.11 Å². The van der Waals surface area contributed by atoms with Crippen LogP contribution in [0.1, 0.15) is 30.4 Å². The van der Waals surface area contributed by atoms with Crippen molar-refractivity contribution in [1.82, 2.24) is 4.90 Å². The molecule has 0 spiro atoms. The molecule has 1 unspecified atom stereocenters. The third-order valence-electron chi connectivity index (χ3n) is 3.98. The molecule has 0 aliphatic carbocycles. The summed E-state index contributed by atoms with van der Waals surface area (Å²) in [6, 6.07) is 8.79. The number of nitrogens with zero attached hydrogens (tertiary/aromatic N) is 1. The maximum Gasteiger partial charge on any atom is 0.305 e. The first-order chi connectivity index (χ1) is 12.3. The monoisotopic (exact) mass is 365 g/mol. The lowest BCUT2D eigenvalue weighted by atomic mass is 9.99. The molecule has 0 saturated heterocycles. The SMILES string of the molecule is CC(C(=O)N(CCC(=O)O)Cc1ccc(F)c(F)c1)c1cccc(F)c1. The Hall–Kier alpha value is -2.83. The minimum absolute atomic E-state index is 0.0804. The fourth-order valence-electron chi connectivity index (χ4n) is 2.55. The fourth-order valence-corrected chi connectivity index (χ4v) is 2.55. The standard InChI is InChI=1S/C19H18F3NO3/c1-12(14-3-2-4-15(20)10-14)19(26)23(8-7-18(24)25)11-13-5-6-16(21)17(22)9-13/h2-6,9-10,12H,7-8,11H2,1H3,(H,24,25). The largest absolute Gasteiger partial charge is 0.481 e. The van der Waals surface area contributed by atoms with Crippen LogP contribution in [-0.2, 0) is 16.1 Å². The van der Waals surface area contributed by atoms with Gasteiger partial charge in [-0.3, -0.25) is 9.59 Å². The minimum Gasteiger partial charge on any atom is -0.481 e. The van der Waals surface area contributed by atoms with Crippen molar-refractivity contribution in [3.05, 3.63) is 71.0 Å². The molecule has 4 nitrogen and oxygen atoms in total. The summed E-state index contributed by atoms with van der Waals surface area (Å²) >= 11 is 0. The minimum atomic E-state index is -1.09. The lowest BCUT2D eigenvalue weighted by molar-refractivity contribution is -0.139. The second-order valence-electron chi connectivity index (χ2n) is 5.93. The molecule has 0 heterocycles. The van der Waals surface area contributed by atoms with Crippen LogP contribution in [-0.4, -0.2) is 28.4 Å². The summed E-state index contributed by atoms with van der Waals surface area (Å²) in [5.74, 6) is -4.78. The molecule has 26 heavy (non-hydrogen) atoms. The van der Waals surface area contributed by atoms with E-state index in [0.717, 1.165) is 12.1 Å². The van der Waals surface area contributed by atoms with Crippen LogP contribution in [0.2, 0.25) is 0 Å². The Balaban J connectivity index is 2.23. The van der Waals surface area contributed by atoms with E-state index in [1.54, 1.807) is 13.0 Å². The van der Waals surface area contributed by atoms with Crippen LogP contribution in [0.15, 0.2) is 42.5 Å². The molecule has 2 rings (SSSR count). The number of carboxylic acids is 1. The highest BCUT2D eigenvalue weighted by atomic mass is 19.2. The zero-order valence-electron chi connectivity index (χ0n) is 14.1. The quantitative estimate of drug-likeness (QED) is 0.814. The van der Waals surface area contributed by atoms with Crippen LogP contribution in [0.4, 0.5) is 13.2 Å². The van der Waals surface area contributed by atoms with E-state index in [9.17, 15) is 22.8 Å². The van der Waals surface area contributed by atoms with Crippen LogP contribution in [0, 0.1) is 17.5 Å². The summed E-state index contributed by atoms with van der Waals surface area (Å²) in [5, 5.41) is 8.89. The molecule has 7 heteroatoms. The number of hydrogen-bond donors (Lipinski definition) is 1. The van der Waals surface area contributed by atoms with Crippen molar-refractivity contribution in [3.63, 3.8) is 0 Å². The topological polar surface area (TPSA) is 57.6 Å². The summed E-state index contributed by atoms with van der Waals surface area (Å²) in [5.41, 5.74) is 0.773. The third kappa shape index (κ3) is 5.08. The summed E-state index contributed by atoms with van der Waals surface area (Å²) in [6.07, 6.45) is -0.300. The number of halogens is 3. The van der Waals surface area contributed by atoms with Crippen molar-refractivity contribution in [1.29, 1.82) is 0 Å². The molecular formula is C19H18F3NO3. The lowest BCUT2D eigenvalue weighted by Gasteiger charge is -2.26. The molecule has 2 aromatic carbocycles. The number of aliphatic carboxylic acids is 1. The maximum absolute atomic E-state index is 13.4. The van der Waals surface area contributed by atoms with Gasteiger partial charge in [-0.15, -0.1) is 0 Å². The van der Waals surface area contributed by atoms with Crippen molar-refractivity contribution < 1.29 is 27.9 Å². The van der Waals surface area contributed by atoms with E-state index in [-0.39, 0.29) is 19.5 Å². The van der Waals surface area contributed by atoms with Crippen LogP contribution in [0.3, 0.4) is 0 Å². The van der Waals surface area contributed by atoms with Gasteiger partial charge in [0.25, 0.3) is 0 Å². The van der Waals surface area contributed by atoms with Gasteiger partial charge in [0, 0.05) is 13.1 Å². The number of hydrogen-bond acceptors (Lipinski definition) is 2. The normalized spacial score (nSPS) is 11.8. The van der Waals surface area contributed by atoms with Gasteiger partial charge in [-0.1, -0.05) is 18.2 Å². The molecule has 138 valence electrons. The Morgan fingerprint density at radius 3 is 2.42 bits per heavy atom. The van der Waals surface area contributed by atoms with Crippen molar-refractivity contribution in [2.24, 2.45) is 0 Å². The average Bonchev–Trinajstić information content (AvgIpc) is 2.60. The number of carbonyl (C=O) groups excluding carboxylic acids is 1. The molecule has 0 bridgehead atoms. The Morgan fingerprint density at radius 1 is 1.08 bits per heavy atom. The first-order valence-corrected chi connectivity index (χ1v) is 7.98. The molecule has 1 N–H and O–H groups in total. The molecule has 1 amide bonds. The van der Waals surface area contributed by atoms with Gasteiger partial charge in [0.1, 0.15) is 5.82 Å². The van der Waals surface area contributed by atoms with Crippen molar-refractivity contribution in [2.75, 3.05) is 6.54 Å². The van der Waals surface area contributed by atoms with E-state index in [1.165, 1.54) is 29.2 Å². The Morgan fingerprint density at radius 2 is 1.81 bits per heavy atom. The Kier molecular flexibility index (Phi) is 6.38. The maximum atomic E-state index is 13.4. The first-order valence-electron chi connectivity index (χ1n) is 7.98. The van der Waals surface area contributed by atoms with Gasteiger partial charge in [0.15, 0.2) is 11.6 Å². The average molecular weight is 365 g/mol. The zero-order valence-corrected chi connectivity index (χ0v) is 14.1. The van der Waals surface area contributed by atoms with Gasteiger partial charge in [0.05, 0.1) is 12.3 Å². The lowest BCUT2D eigenvalue weighted by Crippen LogP contribution is -2.35. The predicted molar refractivity (Wildman–Crippen MR) is 88.8 cm³/mol. The number of carbonyl (C=O) groups is 2. The third-order valence-corrected chi connectivity index (χ3v) is 3.98. The number of carboxylic acid groups (broad SMARTS) is 1. The fraction of sp³-hybridized carbons (Fsp3) is 0.263. The molecule has 0 saturated carbocycles. The van der Waals surface area contributed by atoms with Gasteiger partial charge in [0.2, 0.25) is 5.91 Å². The van der Waals surface area contributed by atoms with Crippen molar-refractivity contribution in [3.8, 4) is 0 Å². The second-order valence-corrected chi connectivity index (χ2v) is 5.93. The number of amides is 1. The second kappa shape index (κ2) is 8.51. The van der Waals surface area contributed by atoms with E-state index < -0.39 is 35.2 Å². The summed E-state index contributed by atoms with van der Waals surface area (Å²) in [7, 11) is 0.